The van der Waals surface area contributed by atoms with Crippen molar-refractivity contribution >= 4 is 18.3 Å². The summed E-state index contributed by atoms with van der Waals surface area (Å²) in [6, 6.07) is 3.22. The van der Waals surface area contributed by atoms with Gasteiger partial charge in [-0.05, 0) is 37.6 Å². The lowest BCUT2D eigenvalue weighted by Gasteiger charge is -2.23. The minimum absolute atomic E-state index is 0. The zero-order valence-corrected chi connectivity index (χ0v) is 10.5. The van der Waals surface area contributed by atoms with Crippen LogP contribution in [0.25, 0.3) is 0 Å². The van der Waals surface area contributed by atoms with Crippen LogP contribution in [0.1, 0.15) is 23.2 Å². The van der Waals surface area contributed by atoms with Gasteiger partial charge in [0.05, 0.1) is 0 Å². The SMILES string of the molecule is Cl.O=C(N[C@H]1CCCNC1)c1ccc(F)c(F)c1. The molecule has 1 aliphatic rings. The molecule has 6 heteroatoms. The lowest BCUT2D eigenvalue weighted by atomic mass is 10.1. The second-order valence-electron chi connectivity index (χ2n) is 4.15. The first-order chi connectivity index (χ1) is 8.16. The summed E-state index contributed by atoms with van der Waals surface area (Å²) in [4.78, 5) is 11.7. The van der Waals surface area contributed by atoms with E-state index in [-0.39, 0.29) is 29.9 Å². The average Bonchev–Trinajstić information content (AvgIpc) is 2.34. The van der Waals surface area contributed by atoms with Crippen molar-refractivity contribution in [3.8, 4) is 0 Å². The Morgan fingerprint density at radius 1 is 1.33 bits per heavy atom. The Hall–Kier alpha value is -1.20. The maximum absolute atomic E-state index is 13.0. The number of piperidine rings is 1. The molecule has 1 aliphatic heterocycles. The molecule has 0 saturated carbocycles. The van der Waals surface area contributed by atoms with Gasteiger partial charge in [-0.1, -0.05) is 0 Å². The fourth-order valence-corrected chi connectivity index (χ4v) is 1.88. The highest BCUT2D eigenvalue weighted by Crippen LogP contribution is 2.09. The van der Waals surface area contributed by atoms with Crippen LogP contribution in [0, 0.1) is 11.6 Å². The molecule has 18 heavy (non-hydrogen) atoms. The van der Waals surface area contributed by atoms with Crippen LogP contribution >= 0.6 is 12.4 Å². The van der Waals surface area contributed by atoms with Crippen molar-refractivity contribution in [3.05, 3.63) is 35.4 Å². The van der Waals surface area contributed by atoms with Gasteiger partial charge in [0, 0.05) is 18.2 Å². The van der Waals surface area contributed by atoms with Crippen molar-refractivity contribution in [2.45, 2.75) is 18.9 Å². The molecule has 1 atom stereocenters. The van der Waals surface area contributed by atoms with Gasteiger partial charge in [-0.25, -0.2) is 8.78 Å². The second-order valence-corrected chi connectivity index (χ2v) is 4.15. The quantitative estimate of drug-likeness (QED) is 0.866. The largest absolute Gasteiger partial charge is 0.348 e. The smallest absolute Gasteiger partial charge is 0.251 e. The van der Waals surface area contributed by atoms with Gasteiger partial charge < -0.3 is 10.6 Å². The van der Waals surface area contributed by atoms with Gasteiger partial charge in [-0.2, -0.15) is 0 Å². The standard InChI is InChI=1S/C12H14F2N2O.ClH/c13-10-4-3-8(6-11(10)14)12(17)16-9-2-1-5-15-7-9;/h3-4,6,9,15H,1-2,5,7H2,(H,16,17);1H/t9-;/m0./s1. The van der Waals surface area contributed by atoms with Gasteiger partial charge in [0.2, 0.25) is 0 Å². The molecule has 2 N–H and O–H groups in total. The summed E-state index contributed by atoms with van der Waals surface area (Å²) < 4.78 is 25.7. The van der Waals surface area contributed by atoms with E-state index in [1.165, 1.54) is 6.07 Å². The number of carbonyl (C=O) groups is 1. The first-order valence-corrected chi connectivity index (χ1v) is 5.63. The van der Waals surface area contributed by atoms with Crippen LogP contribution in [0.15, 0.2) is 18.2 Å². The molecule has 0 bridgehead atoms. The number of carbonyl (C=O) groups excluding carboxylic acids is 1. The summed E-state index contributed by atoms with van der Waals surface area (Å²) in [5.74, 6) is -2.31. The molecule has 1 amide bonds. The third-order valence-corrected chi connectivity index (χ3v) is 2.81. The Balaban J connectivity index is 0.00000162. The van der Waals surface area contributed by atoms with Crippen LogP contribution in [0.3, 0.4) is 0 Å². The summed E-state index contributed by atoms with van der Waals surface area (Å²) in [6.45, 7) is 1.67. The maximum Gasteiger partial charge on any atom is 0.251 e. The van der Waals surface area contributed by atoms with E-state index in [1.807, 2.05) is 0 Å². The fourth-order valence-electron chi connectivity index (χ4n) is 1.88. The van der Waals surface area contributed by atoms with Gasteiger partial charge in [0.25, 0.3) is 5.91 Å². The van der Waals surface area contributed by atoms with E-state index in [0.717, 1.165) is 38.1 Å². The summed E-state index contributed by atoms with van der Waals surface area (Å²) in [5, 5.41) is 5.95. The predicted octanol–water partition coefficient (Wildman–Crippen LogP) is 1.87. The first kappa shape index (κ1) is 14.9. The normalized spacial score (nSPS) is 18.9. The predicted molar refractivity (Wildman–Crippen MR) is 67.0 cm³/mol. The minimum atomic E-state index is -1.00. The minimum Gasteiger partial charge on any atom is -0.348 e. The van der Waals surface area contributed by atoms with Gasteiger partial charge in [0.15, 0.2) is 11.6 Å². The van der Waals surface area contributed by atoms with Crippen molar-refractivity contribution in [2.75, 3.05) is 13.1 Å². The van der Waals surface area contributed by atoms with E-state index in [4.69, 9.17) is 0 Å². The summed E-state index contributed by atoms with van der Waals surface area (Å²) in [7, 11) is 0. The van der Waals surface area contributed by atoms with Crippen LogP contribution in [-0.2, 0) is 0 Å². The summed E-state index contributed by atoms with van der Waals surface area (Å²) in [6.07, 6.45) is 1.91. The molecule has 1 fully saturated rings. The van der Waals surface area contributed by atoms with Crippen LogP contribution < -0.4 is 10.6 Å². The molecular weight excluding hydrogens is 262 g/mol. The number of benzene rings is 1. The summed E-state index contributed by atoms with van der Waals surface area (Å²) in [5.41, 5.74) is 0.148. The number of rotatable bonds is 2. The Morgan fingerprint density at radius 3 is 2.72 bits per heavy atom. The van der Waals surface area contributed by atoms with Gasteiger partial charge >= 0.3 is 0 Å². The molecule has 0 radical (unpaired) electrons. The highest BCUT2D eigenvalue weighted by Gasteiger charge is 2.17. The highest BCUT2D eigenvalue weighted by atomic mass is 35.5. The lowest BCUT2D eigenvalue weighted by Crippen LogP contribution is -2.45. The van der Waals surface area contributed by atoms with E-state index in [9.17, 15) is 13.6 Å². The van der Waals surface area contributed by atoms with E-state index >= 15 is 0 Å². The first-order valence-electron chi connectivity index (χ1n) is 5.63. The maximum atomic E-state index is 13.0. The molecule has 1 saturated heterocycles. The molecule has 1 aromatic rings. The van der Waals surface area contributed by atoms with Gasteiger partial charge in [-0.3, -0.25) is 4.79 Å². The van der Waals surface area contributed by atoms with E-state index in [0.29, 0.717) is 0 Å². The highest BCUT2D eigenvalue weighted by molar-refractivity contribution is 5.94. The van der Waals surface area contributed by atoms with Crippen molar-refractivity contribution in [1.29, 1.82) is 0 Å². The van der Waals surface area contributed by atoms with Crippen LogP contribution in [0.5, 0.6) is 0 Å². The molecule has 1 aromatic carbocycles. The van der Waals surface area contributed by atoms with Gasteiger partial charge in [0.1, 0.15) is 0 Å². The lowest BCUT2D eigenvalue weighted by molar-refractivity contribution is 0.0930. The number of halogens is 3. The molecule has 100 valence electrons. The van der Waals surface area contributed by atoms with Crippen molar-refractivity contribution in [3.63, 3.8) is 0 Å². The zero-order chi connectivity index (χ0) is 12.3. The molecule has 0 aliphatic carbocycles. The molecule has 3 nitrogen and oxygen atoms in total. The molecular formula is C12H15ClF2N2O. The monoisotopic (exact) mass is 276 g/mol. The molecule has 0 spiro atoms. The average molecular weight is 277 g/mol. The topological polar surface area (TPSA) is 41.1 Å². The number of hydrogen-bond acceptors (Lipinski definition) is 2. The van der Waals surface area contributed by atoms with Crippen LogP contribution in [0.4, 0.5) is 8.78 Å². The van der Waals surface area contributed by atoms with Crippen molar-refractivity contribution in [1.82, 2.24) is 10.6 Å². The van der Waals surface area contributed by atoms with E-state index in [2.05, 4.69) is 10.6 Å². The third-order valence-electron chi connectivity index (χ3n) is 2.81. The molecule has 2 rings (SSSR count). The van der Waals surface area contributed by atoms with E-state index in [1.54, 1.807) is 0 Å². The van der Waals surface area contributed by atoms with Gasteiger partial charge in [-0.15, -0.1) is 12.4 Å². The van der Waals surface area contributed by atoms with Crippen molar-refractivity contribution in [2.24, 2.45) is 0 Å². The fraction of sp³-hybridized carbons (Fsp3) is 0.417. The van der Waals surface area contributed by atoms with Crippen LogP contribution in [0.2, 0.25) is 0 Å². The van der Waals surface area contributed by atoms with Crippen LogP contribution in [-0.4, -0.2) is 25.0 Å². The number of amides is 1. The third kappa shape index (κ3) is 3.65. The zero-order valence-electron chi connectivity index (χ0n) is 9.71. The summed E-state index contributed by atoms with van der Waals surface area (Å²) >= 11 is 0. The van der Waals surface area contributed by atoms with E-state index < -0.39 is 11.6 Å². The van der Waals surface area contributed by atoms with Crippen molar-refractivity contribution < 1.29 is 13.6 Å². The Morgan fingerprint density at radius 2 is 2.11 bits per heavy atom. The number of nitrogens with one attached hydrogen (secondary N) is 2. The molecule has 1 heterocycles. The Kier molecular flexibility index (Phi) is 5.50. The second kappa shape index (κ2) is 6.66. The molecule has 0 unspecified atom stereocenters. The number of hydrogen-bond donors (Lipinski definition) is 2. The molecule has 0 aromatic heterocycles. The Labute approximate surface area is 110 Å². The Bertz CT molecular complexity index is 423.